The third-order valence-corrected chi connectivity index (χ3v) is 0. The van der Waals surface area contributed by atoms with Gasteiger partial charge in [0.2, 0.25) is 0 Å². The Morgan fingerprint density at radius 1 is 0.615 bits per heavy atom. The summed E-state index contributed by atoms with van der Waals surface area (Å²) in [4.78, 5) is 8.56. The zero-order chi connectivity index (χ0) is 3.58. The van der Waals surface area contributed by atoms with Crippen LogP contribution in [0.15, 0.2) is 0 Å². The summed E-state index contributed by atoms with van der Waals surface area (Å²) >= 11 is 0. The molecule has 0 rings (SSSR count). The molecule has 0 atom stereocenters. The van der Waals surface area contributed by atoms with Crippen LogP contribution in [0.5, 0.6) is 0 Å². The Labute approximate surface area is 115 Å². The Bertz CT molecular complexity index is 33.1. The topological polar surface area (TPSA) is 310 Å². The fourth-order valence-corrected chi connectivity index (χ4v) is 0. The average Bonchev–Trinajstić information content (AvgIpc) is 0.811. The molecule has 0 aliphatic heterocycles. The van der Waals surface area contributed by atoms with Crippen LogP contribution in [0.25, 0.3) is 0 Å². The molecule has 0 saturated carbocycles. The van der Waals surface area contributed by atoms with Gasteiger partial charge in [0.1, 0.15) is 0 Å². The molecule has 0 aliphatic rings. The van der Waals surface area contributed by atoms with Crippen LogP contribution < -0.4 is 0 Å². The molecular formula is CH19KO11. The van der Waals surface area contributed by atoms with Crippen molar-refractivity contribution >= 4 is 57.5 Å². The van der Waals surface area contributed by atoms with Crippen molar-refractivity contribution in [1.82, 2.24) is 0 Å². The second kappa shape index (κ2) is 131. The van der Waals surface area contributed by atoms with Crippen molar-refractivity contribution in [2.45, 2.75) is 0 Å². The van der Waals surface area contributed by atoms with Crippen molar-refractivity contribution < 1.29 is 58.8 Å². The predicted octanol–water partition coefficient (Wildman–Crippen LogP) is -7.02. The number of carboxylic acid groups (broad SMARTS) is 2. The van der Waals surface area contributed by atoms with Crippen LogP contribution >= 0.6 is 0 Å². The van der Waals surface area contributed by atoms with Gasteiger partial charge in [0, 0.05) is 0 Å². The summed E-state index contributed by atoms with van der Waals surface area (Å²) in [6.45, 7) is 0. The molecule has 18 N–H and O–H groups in total. The van der Waals surface area contributed by atoms with E-state index in [0.29, 0.717) is 0 Å². The summed E-state index contributed by atoms with van der Waals surface area (Å²) in [6, 6.07) is 0. The van der Waals surface area contributed by atoms with Gasteiger partial charge < -0.3 is 54.0 Å². The first-order valence-electron chi connectivity index (χ1n) is 0.651. The fourth-order valence-electron chi connectivity index (χ4n) is 0. The van der Waals surface area contributed by atoms with E-state index in [2.05, 4.69) is 0 Å². The first-order valence-corrected chi connectivity index (χ1v) is 0.651. The van der Waals surface area contributed by atoms with Crippen molar-refractivity contribution in [3.63, 3.8) is 0 Å². The molecule has 0 spiro atoms. The quantitative estimate of drug-likeness (QED) is 0.393. The van der Waals surface area contributed by atoms with E-state index in [9.17, 15) is 0 Å². The van der Waals surface area contributed by atoms with Crippen molar-refractivity contribution in [2.24, 2.45) is 0 Å². The maximum atomic E-state index is 8.56. The van der Waals surface area contributed by atoms with Crippen LogP contribution in [0.2, 0.25) is 0 Å². The Hall–Kier alpha value is 0.586. The molecular weight excluding hydrogens is 227 g/mol. The van der Waals surface area contributed by atoms with Crippen molar-refractivity contribution in [3.05, 3.63) is 0 Å². The van der Waals surface area contributed by atoms with Crippen LogP contribution in [-0.4, -0.2) is 112 Å². The van der Waals surface area contributed by atoms with E-state index in [1.807, 2.05) is 0 Å². The zero-order valence-corrected chi connectivity index (χ0v) is 5.80. The van der Waals surface area contributed by atoms with Gasteiger partial charge in [0.15, 0.2) is 0 Å². The van der Waals surface area contributed by atoms with E-state index in [0.717, 1.165) is 0 Å². The summed E-state index contributed by atoms with van der Waals surface area (Å²) < 4.78 is 0. The number of carbonyl (C=O) groups is 1. The molecule has 90 valence electrons. The molecule has 0 aromatic rings. The molecule has 0 heterocycles. The van der Waals surface area contributed by atoms with Gasteiger partial charge in [-0.05, 0) is 0 Å². The van der Waals surface area contributed by atoms with E-state index in [1.54, 1.807) is 0 Å². The second-order valence-electron chi connectivity index (χ2n) is 0.283. The van der Waals surface area contributed by atoms with Gasteiger partial charge in [0.05, 0.1) is 0 Å². The Morgan fingerprint density at radius 2 is 0.615 bits per heavy atom. The number of rotatable bonds is 0. The Balaban J connectivity index is -0.00000000125. The summed E-state index contributed by atoms with van der Waals surface area (Å²) in [6.07, 6.45) is -1.83. The molecule has 0 unspecified atom stereocenters. The van der Waals surface area contributed by atoms with Gasteiger partial charge in [-0.3, -0.25) is 0 Å². The van der Waals surface area contributed by atoms with E-state index >= 15 is 0 Å². The zero-order valence-electron chi connectivity index (χ0n) is 5.80. The summed E-state index contributed by atoms with van der Waals surface area (Å²) in [5.41, 5.74) is 0. The predicted molar refractivity (Wildman–Crippen MR) is 46.7 cm³/mol. The van der Waals surface area contributed by atoms with E-state index in [-0.39, 0.29) is 95.2 Å². The summed E-state index contributed by atoms with van der Waals surface area (Å²) in [7, 11) is 0. The molecule has 12 heteroatoms. The fraction of sp³-hybridized carbons (Fsp3) is 0. The molecule has 0 bridgehead atoms. The van der Waals surface area contributed by atoms with Gasteiger partial charge in [-0.2, -0.15) is 0 Å². The van der Waals surface area contributed by atoms with Crippen LogP contribution in [0.4, 0.5) is 4.79 Å². The van der Waals surface area contributed by atoms with Crippen molar-refractivity contribution in [2.75, 3.05) is 0 Å². The molecule has 13 heavy (non-hydrogen) atoms. The molecule has 0 aromatic carbocycles. The first kappa shape index (κ1) is 167. The van der Waals surface area contributed by atoms with Gasteiger partial charge >= 0.3 is 57.5 Å². The van der Waals surface area contributed by atoms with Gasteiger partial charge in [-0.15, -0.1) is 0 Å². The van der Waals surface area contributed by atoms with Gasteiger partial charge in [-0.25, -0.2) is 4.79 Å². The van der Waals surface area contributed by atoms with E-state index in [4.69, 9.17) is 15.0 Å². The van der Waals surface area contributed by atoms with E-state index < -0.39 is 6.16 Å². The number of hydrogen-bond acceptors (Lipinski definition) is 1. The summed E-state index contributed by atoms with van der Waals surface area (Å²) in [5, 5.41) is 13.9. The molecule has 0 saturated heterocycles. The third kappa shape index (κ3) is 4100. The first-order chi connectivity index (χ1) is 1.73. The molecule has 0 aromatic heterocycles. The number of hydrogen-bond donors (Lipinski definition) is 2. The maximum absolute atomic E-state index is 8.56. The molecule has 11 nitrogen and oxygen atoms in total. The average molecular weight is 246 g/mol. The van der Waals surface area contributed by atoms with Crippen LogP contribution in [0.3, 0.4) is 0 Å². The van der Waals surface area contributed by atoms with Crippen molar-refractivity contribution in [1.29, 1.82) is 0 Å². The minimum atomic E-state index is -1.83. The minimum absolute atomic E-state index is 0. The van der Waals surface area contributed by atoms with Crippen molar-refractivity contribution in [3.8, 4) is 0 Å². The second-order valence-corrected chi connectivity index (χ2v) is 0.283. The summed E-state index contributed by atoms with van der Waals surface area (Å²) in [5.74, 6) is 0. The Morgan fingerprint density at radius 3 is 0.615 bits per heavy atom. The monoisotopic (exact) mass is 246 g/mol. The van der Waals surface area contributed by atoms with Gasteiger partial charge in [-0.1, -0.05) is 0 Å². The van der Waals surface area contributed by atoms with Gasteiger partial charge in [0.25, 0.3) is 0 Å². The molecule has 0 radical (unpaired) electrons. The molecule has 0 amide bonds. The van der Waals surface area contributed by atoms with Crippen LogP contribution in [0.1, 0.15) is 0 Å². The molecule has 0 fully saturated rings. The van der Waals surface area contributed by atoms with Crippen LogP contribution in [0, 0.1) is 0 Å². The Kier molecular flexibility index (Phi) is 1690. The van der Waals surface area contributed by atoms with E-state index in [1.165, 1.54) is 0 Å². The normalized spacial score (nSPS) is 1.85. The molecule has 0 aliphatic carbocycles. The third-order valence-electron chi connectivity index (χ3n) is 0. The SMILES string of the molecule is O.O.O.O.O.O.O.O.O=C(O)O.[KH]. The van der Waals surface area contributed by atoms with Crippen LogP contribution in [-0.2, 0) is 0 Å². The standard InChI is InChI=1S/CH2O3.K.8H2O.H/c2-1(3)4;;;;;;;;;;/h(H2,2,3,4);;8*1H2;.